The average molecular weight is 406 g/mol. The minimum Gasteiger partial charge on any atom is -0.390 e. The molecule has 0 aromatic heterocycles. The zero-order chi connectivity index (χ0) is 20.4. The molecule has 0 spiro atoms. The van der Waals surface area contributed by atoms with Gasteiger partial charge in [-0.15, -0.1) is 0 Å². The van der Waals surface area contributed by atoms with E-state index in [2.05, 4.69) is 0 Å². The number of ether oxygens (including phenoxy) is 6. The lowest BCUT2D eigenvalue weighted by atomic mass is 10.00. The van der Waals surface area contributed by atoms with Crippen LogP contribution in [-0.4, -0.2) is 90.1 Å². The molecule has 0 aliphatic carbocycles. The highest BCUT2D eigenvalue weighted by Crippen LogP contribution is 2.31. The molecule has 0 saturated carbocycles. The summed E-state index contributed by atoms with van der Waals surface area (Å²) in [7, 11) is 1.53. The van der Waals surface area contributed by atoms with Crippen LogP contribution in [0.5, 0.6) is 0 Å². The summed E-state index contributed by atoms with van der Waals surface area (Å²) in [6.07, 6.45) is -4.23. The molecule has 0 bridgehead atoms. The van der Waals surface area contributed by atoms with Gasteiger partial charge in [0.2, 0.25) is 0 Å². The zero-order valence-corrected chi connectivity index (χ0v) is 17.0. The summed E-state index contributed by atoms with van der Waals surface area (Å²) >= 11 is 0. The third-order valence-electron chi connectivity index (χ3n) is 5.77. The van der Waals surface area contributed by atoms with E-state index in [1.807, 2.05) is 13.8 Å². The van der Waals surface area contributed by atoms with E-state index < -0.39 is 55.5 Å². The molecule has 3 rings (SSSR count). The van der Waals surface area contributed by atoms with Crippen LogP contribution in [0.2, 0.25) is 0 Å². The van der Waals surface area contributed by atoms with Crippen LogP contribution in [0.1, 0.15) is 46.5 Å². The second-order valence-electron chi connectivity index (χ2n) is 8.00. The SMILES string of the molecule is COC1CC(O)C(OC2CC(O)C(OC3CCC(O)C(C)O3)C(C)O2)C(C)O1. The Morgan fingerprint density at radius 3 is 1.68 bits per heavy atom. The van der Waals surface area contributed by atoms with Crippen molar-refractivity contribution < 1.29 is 43.7 Å². The fourth-order valence-electron chi connectivity index (χ4n) is 4.07. The molecule has 164 valence electrons. The van der Waals surface area contributed by atoms with Gasteiger partial charge in [-0.05, 0) is 27.2 Å². The van der Waals surface area contributed by atoms with Crippen molar-refractivity contribution in [3.63, 3.8) is 0 Å². The summed E-state index contributed by atoms with van der Waals surface area (Å²) in [5.41, 5.74) is 0. The van der Waals surface area contributed by atoms with Gasteiger partial charge in [-0.3, -0.25) is 0 Å². The lowest BCUT2D eigenvalue weighted by Crippen LogP contribution is -2.55. The maximum atomic E-state index is 10.6. The highest BCUT2D eigenvalue weighted by atomic mass is 16.7. The molecule has 3 fully saturated rings. The molecule has 0 radical (unpaired) electrons. The number of hydrogen-bond donors (Lipinski definition) is 3. The molecule has 3 N–H and O–H groups in total. The van der Waals surface area contributed by atoms with E-state index >= 15 is 0 Å². The van der Waals surface area contributed by atoms with Gasteiger partial charge in [-0.25, -0.2) is 0 Å². The lowest BCUT2D eigenvalue weighted by Gasteiger charge is -2.44. The maximum absolute atomic E-state index is 10.6. The second-order valence-corrected chi connectivity index (χ2v) is 8.00. The largest absolute Gasteiger partial charge is 0.390 e. The zero-order valence-electron chi connectivity index (χ0n) is 17.0. The molecule has 0 amide bonds. The van der Waals surface area contributed by atoms with Gasteiger partial charge in [0.15, 0.2) is 18.9 Å². The predicted octanol–water partition coefficient (Wildman–Crippen LogP) is 0.281. The topological polar surface area (TPSA) is 116 Å². The van der Waals surface area contributed by atoms with Crippen LogP contribution < -0.4 is 0 Å². The van der Waals surface area contributed by atoms with E-state index in [1.54, 1.807) is 6.92 Å². The number of hydrogen-bond acceptors (Lipinski definition) is 9. The summed E-state index contributed by atoms with van der Waals surface area (Å²) in [4.78, 5) is 0. The quantitative estimate of drug-likeness (QED) is 0.592. The van der Waals surface area contributed by atoms with Crippen molar-refractivity contribution in [3.8, 4) is 0 Å². The highest BCUT2D eigenvalue weighted by molar-refractivity contribution is 4.86. The van der Waals surface area contributed by atoms with E-state index in [-0.39, 0.29) is 18.6 Å². The lowest BCUT2D eigenvalue weighted by molar-refractivity contribution is -0.328. The van der Waals surface area contributed by atoms with E-state index in [0.29, 0.717) is 19.3 Å². The standard InChI is InChI=1S/C19H34O9/c1-9-12(20)5-6-15(24-9)27-18-11(3)26-17(8-14(18)22)28-19-10(2)25-16(23-4)7-13(19)21/h9-22H,5-8H2,1-4H3. The van der Waals surface area contributed by atoms with Gasteiger partial charge in [0.05, 0.1) is 36.6 Å². The Bertz CT molecular complexity index is 468. The third kappa shape index (κ3) is 5.21. The summed E-state index contributed by atoms with van der Waals surface area (Å²) in [5, 5.41) is 30.7. The molecule has 3 aliphatic heterocycles. The van der Waals surface area contributed by atoms with Gasteiger partial charge < -0.3 is 43.7 Å². The van der Waals surface area contributed by atoms with E-state index in [1.165, 1.54) is 7.11 Å². The van der Waals surface area contributed by atoms with Crippen molar-refractivity contribution in [3.05, 3.63) is 0 Å². The third-order valence-corrected chi connectivity index (χ3v) is 5.77. The molecule has 3 saturated heterocycles. The number of rotatable bonds is 5. The molecule has 11 unspecified atom stereocenters. The maximum Gasteiger partial charge on any atom is 0.161 e. The Balaban J connectivity index is 1.52. The molecule has 3 aliphatic rings. The van der Waals surface area contributed by atoms with Crippen LogP contribution in [0.15, 0.2) is 0 Å². The highest BCUT2D eigenvalue weighted by Gasteiger charge is 2.43. The smallest absolute Gasteiger partial charge is 0.161 e. The van der Waals surface area contributed by atoms with Gasteiger partial charge in [0, 0.05) is 26.4 Å². The van der Waals surface area contributed by atoms with Gasteiger partial charge in [-0.1, -0.05) is 0 Å². The Morgan fingerprint density at radius 1 is 0.643 bits per heavy atom. The normalized spacial score (nSPS) is 50.5. The molecule has 28 heavy (non-hydrogen) atoms. The Morgan fingerprint density at radius 2 is 1.14 bits per heavy atom. The Labute approximate surface area is 165 Å². The van der Waals surface area contributed by atoms with Crippen molar-refractivity contribution >= 4 is 0 Å². The minimum absolute atomic E-state index is 0.212. The van der Waals surface area contributed by atoms with Crippen LogP contribution >= 0.6 is 0 Å². The number of aliphatic hydroxyl groups is 3. The van der Waals surface area contributed by atoms with E-state index in [0.717, 1.165) is 0 Å². The Kier molecular flexibility index (Phi) is 7.68. The van der Waals surface area contributed by atoms with Gasteiger partial charge in [0.25, 0.3) is 0 Å². The molecule has 9 heteroatoms. The predicted molar refractivity (Wildman–Crippen MR) is 96.2 cm³/mol. The molecule has 11 atom stereocenters. The van der Waals surface area contributed by atoms with Crippen LogP contribution in [0.25, 0.3) is 0 Å². The summed E-state index contributed by atoms with van der Waals surface area (Å²) < 4.78 is 34.2. The van der Waals surface area contributed by atoms with Gasteiger partial charge >= 0.3 is 0 Å². The van der Waals surface area contributed by atoms with Crippen molar-refractivity contribution in [2.24, 2.45) is 0 Å². The van der Waals surface area contributed by atoms with Gasteiger partial charge in [0.1, 0.15) is 12.2 Å². The summed E-state index contributed by atoms with van der Waals surface area (Å²) in [6, 6.07) is 0. The van der Waals surface area contributed by atoms with Crippen LogP contribution in [-0.2, 0) is 28.4 Å². The van der Waals surface area contributed by atoms with E-state index in [9.17, 15) is 15.3 Å². The monoisotopic (exact) mass is 406 g/mol. The van der Waals surface area contributed by atoms with Crippen molar-refractivity contribution in [1.82, 2.24) is 0 Å². The first kappa shape index (κ1) is 22.3. The number of methoxy groups -OCH3 is 1. The van der Waals surface area contributed by atoms with Crippen molar-refractivity contribution in [1.29, 1.82) is 0 Å². The summed E-state index contributed by atoms with van der Waals surface area (Å²) in [6.45, 7) is 5.42. The molecule has 3 heterocycles. The first-order valence-electron chi connectivity index (χ1n) is 10.1. The van der Waals surface area contributed by atoms with E-state index in [4.69, 9.17) is 28.4 Å². The molecular weight excluding hydrogens is 372 g/mol. The fourth-order valence-corrected chi connectivity index (χ4v) is 4.07. The van der Waals surface area contributed by atoms with Gasteiger partial charge in [-0.2, -0.15) is 0 Å². The molecule has 0 aromatic carbocycles. The van der Waals surface area contributed by atoms with Crippen LogP contribution in [0.3, 0.4) is 0 Å². The second kappa shape index (κ2) is 9.63. The summed E-state index contributed by atoms with van der Waals surface area (Å²) in [5.74, 6) is 0. The number of aliphatic hydroxyl groups excluding tert-OH is 3. The molecule has 0 aromatic rings. The first-order valence-corrected chi connectivity index (χ1v) is 10.1. The van der Waals surface area contributed by atoms with Crippen molar-refractivity contribution in [2.75, 3.05) is 7.11 Å². The average Bonchev–Trinajstić information content (AvgIpc) is 2.64. The Hall–Kier alpha value is -0.360. The minimum atomic E-state index is -0.803. The van der Waals surface area contributed by atoms with Crippen LogP contribution in [0, 0.1) is 0 Å². The fraction of sp³-hybridized carbons (Fsp3) is 1.00. The van der Waals surface area contributed by atoms with Crippen LogP contribution in [0.4, 0.5) is 0 Å². The molecule has 9 nitrogen and oxygen atoms in total. The first-order chi connectivity index (χ1) is 13.3. The molecular formula is C19H34O9. The van der Waals surface area contributed by atoms with Crippen molar-refractivity contribution in [2.45, 2.75) is 114 Å².